The summed E-state index contributed by atoms with van der Waals surface area (Å²) in [6.07, 6.45) is 3.78. The maximum absolute atomic E-state index is 4.59. The third-order valence-corrected chi connectivity index (χ3v) is 4.66. The van der Waals surface area contributed by atoms with Gasteiger partial charge < -0.3 is 5.32 Å². The third-order valence-electron chi connectivity index (χ3n) is 3.66. The van der Waals surface area contributed by atoms with Gasteiger partial charge in [0.1, 0.15) is 0 Å². The molecule has 0 amide bonds. The van der Waals surface area contributed by atoms with Crippen LogP contribution in [-0.2, 0) is 13.1 Å². The van der Waals surface area contributed by atoms with Gasteiger partial charge in [0.05, 0.1) is 16.8 Å². The lowest BCUT2D eigenvalue weighted by atomic mass is 10.1. The van der Waals surface area contributed by atoms with Crippen molar-refractivity contribution in [1.82, 2.24) is 14.8 Å². The van der Waals surface area contributed by atoms with Crippen molar-refractivity contribution >= 4 is 26.7 Å². The van der Waals surface area contributed by atoms with Gasteiger partial charge in [0.25, 0.3) is 0 Å². The van der Waals surface area contributed by atoms with Crippen LogP contribution in [0.2, 0.25) is 0 Å². The molecule has 4 nitrogen and oxygen atoms in total. The Labute approximate surface area is 138 Å². The molecule has 2 heterocycles. The number of thiazole rings is 1. The van der Waals surface area contributed by atoms with Crippen molar-refractivity contribution in [2.24, 2.45) is 0 Å². The van der Waals surface area contributed by atoms with Crippen molar-refractivity contribution < 1.29 is 0 Å². The van der Waals surface area contributed by atoms with Gasteiger partial charge in [0.2, 0.25) is 0 Å². The van der Waals surface area contributed by atoms with E-state index in [1.807, 2.05) is 35.1 Å². The Bertz CT molecular complexity index is 861. The van der Waals surface area contributed by atoms with Crippen LogP contribution in [0.5, 0.6) is 0 Å². The van der Waals surface area contributed by atoms with Crippen LogP contribution in [0, 0.1) is 0 Å². The molecule has 5 heteroatoms. The number of hydrogen-bond acceptors (Lipinski definition) is 4. The average molecular weight is 320 g/mol. The van der Waals surface area contributed by atoms with E-state index in [1.54, 1.807) is 17.5 Å². The Hall–Kier alpha value is -2.66. The fourth-order valence-corrected chi connectivity index (χ4v) is 3.33. The summed E-state index contributed by atoms with van der Waals surface area (Å²) in [5, 5.41) is 8.60. The van der Waals surface area contributed by atoms with Gasteiger partial charge >= 0.3 is 0 Å². The van der Waals surface area contributed by atoms with Crippen LogP contribution in [0.3, 0.4) is 0 Å². The number of rotatable bonds is 5. The Balaban J connectivity index is 1.40. The maximum atomic E-state index is 4.59. The molecule has 0 unspecified atom stereocenters. The summed E-state index contributed by atoms with van der Waals surface area (Å²) < 4.78 is 3.14. The van der Waals surface area contributed by atoms with Crippen molar-refractivity contribution in [2.75, 3.05) is 5.32 Å². The molecule has 0 aliphatic heterocycles. The first-order valence-electron chi connectivity index (χ1n) is 7.51. The van der Waals surface area contributed by atoms with E-state index in [-0.39, 0.29) is 0 Å². The topological polar surface area (TPSA) is 42.7 Å². The van der Waals surface area contributed by atoms with E-state index >= 15 is 0 Å². The first-order valence-corrected chi connectivity index (χ1v) is 8.33. The molecule has 0 aliphatic carbocycles. The van der Waals surface area contributed by atoms with Gasteiger partial charge in [0, 0.05) is 18.9 Å². The van der Waals surface area contributed by atoms with Crippen molar-refractivity contribution in [3.05, 3.63) is 78.1 Å². The lowest BCUT2D eigenvalue weighted by molar-refractivity contribution is 0.686. The highest BCUT2D eigenvalue weighted by atomic mass is 32.1. The van der Waals surface area contributed by atoms with Crippen LogP contribution >= 0.6 is 11.3 Å². The SMILES string of the molecule is c1ccc2sc(NCc3ccc(Cn4cccn4)cc3)nc2c1. The van der Waals surface area contributed by atoms with Crippen molar-refractivity contribution in [2.45, 2.75) is 13.1 Å². The first kappa shape index (κ1) is 14.0. The maximum Gasteiger partial charge on any atom is 0.184 e. The summed E-state index contributed by atoms with van der Waals surface area (Å²) in [7, 11) is 0. The number of benzene rings is 2. The fourth-order valence-electron chi connectivity index (χ4n) is 2.47. The molecule has 4 rings (SSSR count). The fraction of sp³-hybridized carbons (Fsp3) is 0.111. The zero-order valence-corrected chi connectivity index (χ0v) is 13.3. The minimum Gasteiger partial charge on any atom is -0.357 e. The predicted octanol–water partition coefficient (Wildman–Crippen LogP) is 4.15. The minimum absolute atomic E-state index is 0.780. The molecule has 0 saturated heterocycles. The molecule has 0 radical (unpaired) electrons. The number of fused-ring (bicyclic) bond motifs is 1. The molecule has 0 spiro atoms. The number of anilines is 1. The summed E-state index contributed by atoms with van der Waals surface area (Å²) >= 11 is 1.69. The molecule has 2 aromatic heterocycles. The minimum atomic E-state index is 0.780. The van der Waals surface area contributed by atoms with Gasteiger partial charge in [-0.05, 0) is 29.3 Å². The van der Waals surface area contributed by atoms with Crippen LogP contribution in [0.15, 0.2) is 67.0 Å². The largest absolute Gasteiger partial charge is 0.357 e. The summed E-state index contributed by atoms with van der Waals surface area (Å²) in [5.74, 6) is 0. The Morgan fingerprint density at radius 2 is 1.78 bits per heavy atom. The van der Waals surface area contributed by atoms with Crippen molar-refractivity contribution in [3.63, 3.8) is 0 Å². The second-order valence-corrected chi connectivity index (χ2v) is 6.39. The number of para-hydroxylation sites is 1. The van der Waals surface area contributed by atoms with Crippen LogP contribution in [0.25, 0.3) is 10.2 Å². The lowest BCUT2D eigenvalue weighted by Gasteiger charge is -2.05. The molecule has 1 N–H and O–H groups in total. The normalized spacial score (nSPS) is 11.0. The quantitative estimate of drug-likeness (QED) is 0.600. The van der Waals surface area contributed by atoms with E-state index in [4.69, 9.17) is 0 Å². The number of nitrogens with zero attached hydrogens (tertiary/aromatic N) is 3. The number of aromatic nitrogens is 3. The zero-order valence-electron chi connectivity index (χ0n) is 12.5. The van der Waals surface area contributed by atoms with Crippen LogP contribution in [0.1, 0.15) is 11.1 Å². The van der Waals surface area contributed by atoms with Gasteiger partial charge in [-0.2, -0.15) is 5.10 Å². The van der Waals surface area contributed by atoms with E-state index in [1.165, 1.54) is 15.8 Å². The first-order chi connectivity index (χ1) is 11.4. The smallest absolute Gasteiger partial charge is 0.184 e. The van der Waals surface area contributed by atoms with E-state index in [2.05, 4.69) is 45.7 Å². The van der Waals surface area contributed by atoms with Gasteiger partial charge in [-0.25, -0.2) is 4.98 Å². The Morgan fingerprint density at radius 3 is 2.57 bits per heavy atom. The zero-order chi connectivity index (χ0) is 15.5. The van der Waals surface area contributed by atoms with E-state index in [0.717, 1.165) is 23.7 Å². The van der Waals surface area contributed by atoms with Gasteiger partial charge in [-0.1, -0.05) is 47.7 Å². The molecular formula is C18H16N4S. The van der Waals surface area contributed by atoms with E-state index in [9.17, 15) is 0 Å². The number of hydrogen-bond donors (Lipinski definition) is 1. The van der Waals surface area contributed by atoms with Crippen LogP contribution in [0.4, 0.5) is 5.13 Å². The van der Waals surface area contributed by atoms with Gasteiger partial charge in [0.15, 0.2) is 5.13 Å². The van der Waals surface area contributed by atoms with E-state index in [0.29, 0.717) is 0 Å². The molecule has 0 atom stereocenters. The molecule has 23 heavy (non-hydrogen) atoms. The second-order valence-electron chi connectivity index (χ2n) is 5.36. The molecule has 0 saturated carbocycles. The molecule has 2 aromatic carbocycles. The molecule has 114 valence electrons. The highest BCUT2D eigenvalue weighted by Gasteiger charge is 2.03. The van der Waals surface area contributed by atoms with Gasteiger partial charge in [-0.15, -0.1) is 0 Å². The molecule has 4 aromatic rings. The second kappa shape index (κ2) is 6.22. The summed E-state index contributed by atoms with van der Waals surface area (Å²) in [5.41, 5.74) is 3.54. The highest BCUT2D eigenvalue weighted by Crippen LogP contribution is 2.25. The van der Waals surface area contributed by atoms with Crippen LogP contribution in [-0.4, -0.2) is 14.8 Å². The highest BCUT2D eigenvalue weighted by molar-refractivity contribution is 7.22. The lowest BCUT2D eigenvalue weighted by Crippen LogP contribution is -2.01. The summed E-state index contributed by atoms with van der Waals surface area (Å²) in [4.78, 5) is 4.59. The van der Waals surface area contributed by atoms with Crippen molar-refractivity contribution in [3.8, 4) is 0 Å². The van der Waals surface area contributed by atoms with E-state index < -0.39 is 0 Å². The van der Waals surface area contributed by atoms with Gasteiger partial charge in [-0.3, -0.25) is 4.68 Å². The standard InChI is InChI=1S/C18H16N4S/c1-2-5-17-16(4-1)21-18(23-17)19-12-14-6-8-15(9-7-14)13-22-11-3-10-20-22/h1-11H,12-13H2,(H,19,21). The third kappa shape index (κ3) is 3.24. The summed E-state index contributed by atoms with van der Waals surface area (Å²) in [6.45, 7) is 1.58. The molecule has 0 fully saturated rings. The predicted molar refractivity (Wildman–Crippen MR) is 94.7 cm³/mol. The number of nitrogens with one attached hydrogen (secondary N) is 1. The molecule has 0 aliphatic rings. The van der Waals surface area contributed by atoms with Crippen LogP contribution < -0.4 is 5.32 Å². The average Bonchev–Trinajstić information content (AvgIpc) is 3.23. The monoisotopic (exact) mass is 320 g/mol. The molecule has 0 bridgehead atoms. The summed E-state index contributed by atoms with van der Waals surface area (Å²) in [6, 6.07) is 18.7. The molecular weight excluding hydrogens is 304 g/mol. The Morgan fingerprint density at radius 1 is 0.957 bits per heavy atom. The van der Waals surface area contributed by atoms with Crippen molar-refractivity contribution in [1.29, 1.82) is 0 Å². The Kier molecular flexibility index (Phi) is 3.78.